The molecule has 1 N–H and O–H groups in total. The van der Waals surface area contributed by atoms with E-state index in [-0.39, 0.29) is 12.1 Å². The molecular weight excluding hydrogens is 272 g/mol. The fourth-order valence-corrected chi connectivity index (χ4v) is 2.29. The summed E-state index contributed by atoms with van der Waals surface area (Å²) in [6.07, 6.45) is 0. The van der Waals surface area contributed by atoms with Crippen molar-refractivity contribution in [3.63, 3.8) is 0 Å². The van der Waals surface area contributed by atoms with Crippen molar-refractivity contribution in [2.24, 2.45) is 0 Å². The van der Waals surface area contributed by atoms with E-state index in [2.05, 4.69) is 5.32 Å². The summed E-state index contributed by atoms with van der Waals surface area (Å²) in [7, 11) is 1.62. The molecular formula is C17H19F2NO. The zero-order valence-corrected chi connectivity index (χ0v) is 12.4. The smallest absolute Gasteiger partial charge is 0.126 e. The monoisotopic (exact) mass is 291 g/mol. The van der Waals surface area contributed by atoms with Crippen LogP contribution >= 0.6 is 0 Å². The Bertz CT molecular complexity index is 578. The fourth-order valence-electron chi connectivity index (χ4n) is 2.29. The normalized spacial score (nSPS) is 13.8. The summed E-state index contributed by atoms with van der Waals surface area (Å²) in [5.41, 5.74) is 1.67. The summed E-state index contributed by atoms with van der Waals surface area (Å²) in [6, 6.07) is 11.2. The first kappa shape index (κ1) is 15.4. The molecule has 2 unspecified atom stereocenters. The Hall–Kier alpha value is -1.94. The van der Waals surface area contributed by atoms with E-state index in [0.717, 1.165) is 17.4 Å². The van der Waals surface area contributed by atoms with Crippen LogP contribution in [0.5, 0.6) is 5.75 Å². The van der Waals surface area contributed by atoms with Gasteiger partial charge in [0.1, 0.15) is 17.4 Å². The van der Waals surface area contributed by atoms with E-state index in [0.29, 0.717) is 5.56 Å². The van der Waals surface area contributed by atoms with Gasteiger partial charge in [0.2, 0.25) is 0 Å². The second-order valence-corrected chi connectivity index (χ2v) is 5.09. The number of halogens is 2. The second-order valence-electron chi connectivity index (χ2n) is 5.09. The van der Waals surface area contributed by atoms with Crippen molar-refractivity contribution in [1.82, 2.24) is 5.32 Å². The molecule has 0 radical (unpaired) electrons. The molecule has 0 heterocycles. The lowest BCUT2D eigenvalue weighted by molar-refractivity contribution is 0.414. The van der Waals surface area contributed by atoms with E-state index in [1.165, 1.54) is 12.1 Å². The number of rotatable bonds is 5. The predicted molar refractivity (Wildman–Crippen MR) is 79.3 cm³/mol. The van der Waals surface area contributed by atoms with Crippen LogP contribution in [-0.4, -0.2) is 7.11 Å². The van der Waals surface area contributed by atoms with E-state index in [1.54, 1.807) is 7.11 Å². The van der Waals surface area contributed by atoms with Crippen LogP contribution in [0.2, 0.25) is 0 Å². The maximum absolute atomic E-state index is 13.3. The first-order valence-electron chi connectivity index (χ1n) is 6.85. The minimum atomic E-state index is -0.559. The summed E-state index contributed by atoms with van der Waals surface area (Å²) in [5.74, 6) is -0.322. The lowest BCUT2D eigenvalue weighted by atomic mass is 10.0. The lowest BCUT2D eigenvalue weighted by Gasteiger charge is -2.21. The summed E-state index contributed by atoms with van der Waals surface area (Å²) >= 11 is 0. The SMILES string of the molecule is COc1ccc(C(C)NC(C)c2cc(F)cc(F)c2)cc1. The topological polar surface area (TPSA) is 21.3 Å². The molecule has 2 nitrogen and oxygen atoms in total. The predicted octanol–water partition coefficient (Wildman–Crippen LogP) is 4.39. The van der Waals surface area contributed by atoms with Gasteiger partial charge < -0.3 is 10.1 Å². The zero-order valence-electron chi connectivity index (χ0n) is 12.4. The number of hydrogen-bond acceptors (Lipinski definition) is 2. The van der Waals surface area contributed by atoms with E-state index in [4.69, 9.17) is 4.74 Å². The Morgan fingerprint density at radius 1 is 0.857 bits per heavy atom. The van der Waals surface area contributed by atoms with Crippen molar-refractivity contribution in [1.29, 1.82) is 0 Å². The number of benzene rings is 2. The van der Waals surface area contributed by atoms with Gasteiger partial charge >= 0.3 is 0 Å². The molecule has 2 rings (SSSR count). The molecule has 0 bridgehead atoms. The molecule has 21 heavy (non-hydrogen) atoms. The zero-order chi connectivity index (χ0) is 15.4. The first-order valence-corrected chi connectivity index (χ1v) is 6.85. The van der Waals surface area contributed by atoms with Crippen LogP contribution in [0.25, 0.3) is 0 Å². The van der Waals surface area contributed by atoms with Crippen molar-refractivity contribution < 1.29 is 13.5 Å². The van der Waals surface area contributed by atoms with Crippen LogP contribution in [0.4, 0.5) is 8.78 Å². The number of hydrogen-bond donors (Lipinski definition) is 1. The van der Waals surface area contributed by atoms with Crippen LogP contribution in [0.3, 0.4) is 0 Å². The minimum Gasteiger partial charge on any atom is -0.497 e. The molecule has 0 aliphatic rings. The standard InChI is InChI=1S/C17H19F2NO/c1-11(13-4-6-17(21-3)7-5-13)20-12(2)14-8-15(18)10-16(19)9-14/h4-12,20H,1-3H3. The molecule has 2 aromatic rings. The Labute approximate surface area is 123 Å². The first-order chi connectivity index (χ1) is 9.99. The van der Waals surface area contributed by atoms with E-state index in [1.807, 2.05) is 38.1 Å². The van der Waals surface area contributed by atoms with Crippen molar-refractivity contribution in [3.05, 3.63) is 65.2 Å². The molecule has 2 aromatic carbocycles. The quantitative estimate of drug-likeness (QED) is 0.882. The number of ether oxygens (including phenoxy) is 1. The highest BCUT2D eigenvalue weighted by Gasteiger charge is 2.13. The highest BCUT2D eigenvalue weighted by molar-refractivity contribution is 5.29. The molecule has 0 fully saturated rings. The largest absolute Gasteiger partial charge is 0.497 e. The third kappa shape index (κ3) is 4.02. The van der Waals surface area contributed by atoms with Gasteiger partial charge in [0.15, 0.2) is 0 Å². The van der Waals surface area contributed by atoms with Gasteiger partial charge in [-0.2, -0.15) is 0 Å². The Balaban J connectivity index is 2.08. The molecule has 0 saturated heterocycles. The number of methoxy groups -OCH3 is 1. The van der Waals surface area contributed by atoms with Gasteiger partial charge in [-0.25, -0.2) is 8.78 Å². The van der Waals surface area contributed by atoms with Gasteiger partial charge in [0, 0.05) is 18.2 Å². The Morgan fingerprint density at radius 3 is 1.90 bits per heavy atom. The van der Waals surface area contributed by atoms with Crippen LogP contribution in [-0.2, 0) is 0 Å². The molecule has 0 aromatic heterocycles. The van der Waals surface area contributed by atoms with Crippen molar-refractivity contribution in [2.45, 2.75) is 25.9 Å². The molecule has 0 aliphatic carbocycles. The lowest BCUT2D eigenvalue weighted by Crippen LogP contribution is -2.22. The van der Waals surface area contributed by atoms with Gasteiger partial charge in [-0.1, -0.05) is 12.1 Å². The van der Waals surface area contributed by atoms with Crippen LogP contribution < -0.4 is 10.1 Å². The van der Waals surface area contributed by atoms with E-state index < -0.39 is 11.6 Å². The highest BCUT2D eigenvalue weighted by Crippen LogP contribution is 2.22. The average Bonchev–Trinajstić information content (AvgIpc) is 2.46. The summed E-state index contributed by atoms with van der Waals surface area (Å²) < 4.78 is 31.6. The van der Waals surface area contributed by atoms with E-state index in [9.17, 15) is 8.78 Å². The van der Waals surface area contributed by atoms with Gasteiger partial charge in [0.25, 0.3) is 0 Å². The molecule has 0 amide bonds. The Morgan fingerprint density at radius 2 is 1.38 bits per heavy atom. The Kier molecular flexibility index (Phi) is 4.91. The number of nitrogens with one attached hydrogen (secondary N) is 1. The van der Waals surface area contributed by atoms with Crippen LogP contribution in [0.1, 0.15) is 37.1 Å². The van der Waals surface area contributed by atoms with Crippen molar-refractivity contribution >= 4 is 0 Å². The highest BCUT2D eigenvalue weighted by atomic mass is 19.1. The average molecular weight is 291 g/mol. The maximum Gasteiger partial charge on any atom is 0.126 e. The minimum absolute atomic E-state index is 0.0530. The van der Waals surface area contributed by atoms with Crippen LogP contribution in [0, 0.1) is 11.6 Å². The third-order valence-corrected chi connectivity index (χ3v) is 3.50. The summed E-state index contributed by atoms with van der Waals surface area (Å²) in [4.78, 5) is 0. The third-order valence-electron chi connectivity index (χ3n) is 3.50. The summed E-state index contributed by atoms with van der Waals surface area (Å²) in [5, 5.41) is 3.33. The maximum atomic E-state index is 13.3. The molecule has 2 atom stereocenters. The molecule has 112 valence electrons. The molecule has 4 heteroatoms. The molecule has 0 saturated carbocycles. The van der Waals surface area contributed by atoms with Gasteiger partial charge in [0.05, 0.1) is 7.11 Å². The van der Waals surface area contributed by atoms with Gasteiger partial charge in [-0.05, 0) is 49.2 Å². The summed E-state index contributed by atoms with van der Waals surface area (Å²) in [6.45, 7) is 3.89. The molecule has 0 spiro atoms. The van der Waals surface area contributed by atoms with Crippen LogP contribution in [0.15, 0.2) is 42.5 Å². The second kappa shape index (κ2) is 6.68. The van der Waals surface area contributed by atoms with Gasteiger partial charge in [-0.15, -0.1) is 0 Å². The van der Waals surface area contributed by atoms with Crippen molar-refractivity contribution in [2.75, 3.05) is 7.11 Å². The van der Waals surface area contributed by atoms with Crippen molar-refractivity contribution in [3.8, 4) is 5.75 Å². The fraction of sp³-hybridized carbons (Fsp3) is 0.294. The van der Waals surface area contributed by atoms with E-state index >= 15 is 0 Å². The van der Waals surface area contributed by atoms with Gasteiger partial charge in [-0.3, -0.25) is 0 Å². The molecule has 0 aliphatic heterocycles.